The number of pyridine rings is 1. The van der Waals surface area contributed by atoms with Crippen molar-refractivity contribution in [3.63, 3.8) is 0 Å². The number of carbonyl (C=O) groups excluding carboxylic acids is 2. The number of carboxylic acid groups (broad SMARTS) is 1. The fraction of sp³-hybridized carbons (Fsp3) is 0.419. The van der Waals surface area contributed by atoms with Crippen LogP contribution >= 0.6 is 0 Å². The van der Waals surface area contributed by atoms with Crippen LogP contribution in [0.2, 0.25) is 0 Å². The SMILES string of the molecule is CC(=O)NCC1CN(c2ccc(OCC3CCN(c4c(F)cc5c(=O)c(C(=O)O)cn6c5c4OCC6C)CC3)c(F)c2)C(=O)O1. The standard InChI is InChI=1S/C31H32F2N4O8/c1-16-14-44-29-26-21(28(39)22(30(40)41)13-36(16)26)10-24(33)27(29)35-7-5-18(6-8-35)15-43-25-4-3-19(9-23(25)32)37-12-20(45-31(37)42)11-34-17(2)38/h3-4,9-10,13,16,18,20H,5-8,11-12,14-15H2,1-2H3,(H,34,38)(H,40,41). The molecule has 0 aliphatic carbocycles. The molecule has 0 bridgehead atoms. The summed E-state index contributed by atoms with van der Waals surface area (Å²) in [5, 5.41) is 12.1. The number of hydrogen-bond acceptors (Lipinski definition) is 8. The first-order valence-electron chi connectivity index (χ1n) is 14.7. The number of amides is 2. The minimum Gasteiger partial charge on any atom is -0.490 e. The quantitative estimate of drug-likeness (QED) is 0.383. The molecule has 12 nitrogen and oxygen atoms in total. The van der Waals surface area contributed by atoms with Crippen molar-refractivity contribution in [2.75, 3.05) is 49.2 Å². The molecular formula is C31H32F2N4O8. The van der Waals surface area contributed by atoms with Crippen LogP contribution in [0.3, 0.4) is 0 Å². The summed E-state index contributed by atoms with van der Waals surface area (Å²) in [4.78, 5) is 51.1. The second-order valence-corrected chi connectivity index (χ2v) is 11.6. The number of aromatic carboxylic acids is 1. The zero-order chi connectivity index (χ0) is 32.0. The minimum atomic E-state index is -1.37. The number of halogens is 2. The second kappa shape index (κ2) is 11.9. The van der Waals surface area contributed by atoms with E-state index in [0.717, 1.165) is 6.07 Å². The van der Waals surface area contributed by atoms with Gasteiger partial charge in [0.2, 0.25) is 11.3 Å². The maximum atomic E-state index is 15.6. The number of nitrogens with one attached hydrogen (secondary N) is 1. The number of ether oxygens (including phenoxy) is 3. The first-order valence-corrected chi connectivity index (χ1v) is 14.7. The number of carboxylic acids is 1. The lowest BCUT2D eigenvalue weighted by atomic mass is 9.96. The van der Waals surface area contributed by atoms with E-state index in [1.54, 1.807) is 10.6 Å². The number of hydrogen-bond donors (Lipinski definition) is 2. The summed E-state index contributed by atoms with van der Waals surface area (Å²) in [5.41, 5.74) is -0.277. The highest BCUT2D eigenvalue weighted by Gasteiger charge is 2.34. The third kappa shape index (κ3) is 5.71. The number of rotatable bonds is 8. The Hall–Kier alpha value is -4.88. The van der Waals surface area contributed by atoms with E-state index in [9.17, 15) is 28.7 Å². The Kier molecular flexibility index (Phi) is 7.97. The highest BCUT2D eigenvalue weighted by molar-refractivity contribution is 5.97. The largest absolute Gasteiger partial charge is 0.490 e. The van der Waals surface area contributed by atoms with Crippen LogP contribution in [0.25, 0.3) is 10.9 Å². The monoisotopic (exact) mass is 626 g/mol. The predicted octanol–water partition coefficient (Wildman–Crippen LogP) is 3.69. The molecule has 4 heterocycles. The van der Waals surface area contributed by atoms with E-state index >= 15 is 4.39 Å². The van der Waals surface area contributed by atoms with Gasteiger partial charge in [-0.05, 0) is 43.9 Å². The molecule has 0 saturated carbocycles. The Labute approximate surface area is 256 Å². The number of anilines is 2. The molecule has 3 aromatic rings. The van der Waals surface area contributed by atoms with E-state index in [0.29, 0.717) is 37.1 Å². The normalized spacial score (nSPS) is 19.8. The van der Waals surface area contributed by atoms with Crippen LogP contribution in [-0.4, -0.2) is 73.1 Å². The van der Waals surface area contributed by atoms with E-state index in [2.05, 4.69) is 5.32 Å². The third-order valence-corrected chi connectivity index (χ3v) is 8.46. The molecular weight excluding hydrogens is 594 g/mol. The van der Waals surface area contributed by atoms with Crippen molar-refractivity contribution in [1.82, 2.24) is 9.88 Å². The van der Waals surface area contributed by atoms with Gasteiger partial charge in [-0.2, -0.15) is 0 Å². The number of aromatic nitrogens is 1. The molecule has 2 saturated heterocycles. The van der Waals surface area contributed by atoms with Gasteiger partial charge >= 0.3 is 12.1 Å². The lowest BCUT2D eigenvalue weighted by molar-refractivity contribution is -0.119. The van der Waals surface area contributed by atoms with Crippen LogP contribution in [-0.2, 0) is 9.53 Å². The molecule has 2 N–H and O–H groups in total. The summed E-state index contributed by atoms with van der Waals surface area (Å²) in [5.74, 6) is -2.61. The van der Waals surface area contributed by atoms with Crippen molar-refractivity contribution >= 4 is 40.2 Å². The van der Waals surface area contributed by atoms with Gasteiger partial charge in [-0.1, -0.05) is 0 Å². The highest BCUT2D eigenvalue weighted by Crippen LogP contribution is 2.43. The summed E-state index contributed by atoms with van der Waals surface area (Å²) < 4.78 is 49.2. The zero-order valence-electron chi connectivity index (χ0n) is 24.7. The van der Waals surface area contributed by atoms with Gasteiger partial charge in [-0.25, -0.2) is 18.4 Å². The molecule has 14 heteroatoms. The van der Waals surface area contributed by atoms with Crippen molar-refractivity contribution in [3.8, 4) is 11.5 Å². The van der Waals surface area contributed by atoms with Crippen LogP contribution in [0.5, 0.6) is 11.5 Å². The molecule has 6 rings (SSSR count). The third-order valence-electron chi connectivity index (χ3n) is 8.46. The van der Waals surface area contributed by atoms with E-state index < -0.39 is 40.8 Å². The maximum absolute atomic E-state index is 15.6. The van der Waals surface area contributed by atoms with E-state index in [4.69, 9.17) is 14.2 Å². The molecule has 2 atom stereocenters. The lowest BCUT2D eigenvalue weighted by Crippen LogP contribution is -2.37. The fourth-order valence-corrected chi connectivity index (χ4v) is 6.06. The fourth-order valence-electron chi connectivity index (χ4n) is 6.06. The van der Waals surface area contributed by atoms with Crippen molar-refractivity contribution in [2.45, 2.75) is 38.8 Å². The molecule has 45 heavy (non-hydrogen) atoms. The lowest BCUT2D eigenvalue weighted by Gasteiger charge is -2.36. The van der Waals surface area contributed by atoms with Gasteiger partial charge in [0.15, 0.2) is 23.1 Å². The molecule has 2 fully saturated rings. The summed E-state index contributed by atoms with van der Waals surface area (Å²) in [6.07, 6.45) is 1.36. The van der Waals surface area contributed by atoms with Crippen molar-refractivity contribution in [3.05, 3.63) is 57.9 Å². The van der Waals surface area contributed by atoms with Crippen molar-refractivity contribution in [1.29, 1.82) is 0 Å². The molecule has 2 aromatic carbocycles. The summed E-state index contributed by atoms with van der Waals surface area (Å²) in [7, 11) is 0. The molecule has 0 spiro atoms. The number of piperidine rings is 1. The molecule has 2 unspecified atom stereocenters. The molecule has 3 aliphatic heterocycles. The van der Waals surface area contributed by atoms with Crippen LogP contribution in [0.1, 0.15) is 43.1 Å². The first-order chi connectivity index (χ1) is 21.5. The molecule has 3 aliphatic rings. The Morgan fingerprint density at radius 2 is 1.89 bits per heavy atom. The first kappa shape index (κ1) is 30.2. The van der Waals surface area contributed by atoms with Crippen LogP contribution < -0.4 is 30.0 Å². The van der Waals surface area contributed by atoms with Gasteiger partial charge in [0.25, 0.3) is 0 Å². The van der Waals surface area contributed by atoms with E-state index in [-0.39, 0.29) is 66.7 Å². The predicted molar refractivity (Wildman–Crippen MR) is 158 cm³/mol. The number of cyclic esters (lactones) is 1. The molecule has 238 valence electrons. The Balaban J connectivity index is 1.11. The number of carbonyl (C=O) groups is 3. The van der Waals surface area contributed by atoms with Gasteiger partial charge in [0.05, 0.1) is 42.3 Å². The maximum Gasteiger partial charge on any atom is 0.414 e. The van der Waals surface area contributed by atoms with Crippen LogP contribution in [0.15, 0.2) is 35.3 Å². The van der Waals surface area contributed by atoms with Gasteiger partial charge < -0.3 is 34.1 Å². The van der Waals surface area contributed by atoms with Crippen molar-refractivity contribution < 1.29 is 42.5 Å². The molecule has 2 amide bonds. The minimum absolute atomic E-state index is 0.0368. The van der Waals surface area contributed by atoms with Gasteiger partial charge in [-0.3, -0.25) is 14.5 Å². The highest BCUT2D eigenvalue weighted by atomic mass is 19.1. The van der Waals surface area contributed by atoms with Crippen LogP contribution in [0, 0.1) is 17.6 Å². The van der Waals surface area contributed by atoms with Gasteiger partial charge in [0, 0.05) is 32.3 Å². The van der Waals surface area contributed by atoms with Crippen LogP contribution in [0.4, 0.5) is 25.0 Å². The average molecular weight is 627 g/mol. The molecule has 0 radical (unpaired) electrons. The second-order valence-electron chi connectivity index (χ2n) is 11.6. The smallest absolute Gasteiger partial charge is 0.414 e. The summed E-state index contributed by atoms with van der Waals surface area (Å²) in [6, 6.07) is 5.06. The summed E-state index contributed by atoms with van der Waals surface area (Å²) in [6.45, 7) is 4.85. The van der Waals surface area contributed by atoms with Gasteiger partial charge in [0.1, 0.15) is 24.0 Å². The number of benzene rings is 2. The van der Waals surface area contributed by atoms with E-state index in [1.165, 1.54) is 30.2 Å². The molecule has 1 aromatic heterocycles. The summed E-state index contributed by atoms with van der Waals surface area (Å²) >= 11 is 0. The zero-order valence-corrected chi connectivity index (χ0v) is 24.7. The van der Waals surface area contributed by atoms with Gasteiger partial charge in [-0.15, -0.1) is 0 Å². The van der Waals surface area contributed by atoms with Crippen molar-refractivity contribution in [2.24, 2.45) is 5.92 Å². The topological polar surface area (TPSA) is 140 Å². The average Bonchev–Trinajstić information content (AvgIpc) is 3.38. The Morgan fingerprint density at radius 1 is 1.13 bits per heavy atom. The van der Waals surface area contributed by atoms with E-state index in [1.807, 2.05) is 11.8 Å². The number of nitrogens with zero attached hydrogens (tertiary/aromatic N) is 3. The Morgan fingerprint density at radius 3 is 2.58 bits per heavy atom. The Bertz CT molecular complexity index is 1750.